The van der Waals surface area contributed by atoms with E-state index < -0.39 is 15.3 Å². The van der Waals surface area contributed by atoms with Crippen molar-refractivity contribution in [2.75, 3.05) is 40.3 Å². The number of amides is 1. The summed E-state index contributed by atoms with van der Waals surface area (Å²) in [7, 11) is 0.205. The molecule has 1 atom stereocenters. The molecule has 3 rings (SSSR count). The van der Waals surface area contributed by atoms with Gasteiger partial charge < -0.3 is 15.0 Å². The lowest BCUT2D eigenvalue weighted by atomic mass is 10.1. The molecule has 1 amide bonds. The lowest BCUT2D eigenvalue weighted by Crippen LogP contribution is -2.49. The summed E-state index contributed by atoms with van der Waals surface area (Å²) in [6.45, 7) is 4.41. The number of piperazine rings is 1. The molecule has 1 heterocycles. The van der Waals surface area contributed by atoms with E-state index in [1.165, 1.54) is 0 Å². The molecule has 1 fully saturated rings. The van der Waals surface area contributed by atoms with Crippen LogP contribution in [0.3, 0.4) is 0 Å². The van der Waals surface area contributed by atoms with Crippen molar-refractivity contribution >= 4 is 15.9 Å². The maximum Gasteiger partial charge on any atom is 0.255 e. The molecule has 1 aliphatic heterocycles. The maximum absolute atomic E-state index is 12.8. The van der Waals surface area contributed by atoms with Crippen molar-refractivity contribution in [2.24, 2.45) is 0 Å². The number of nitrogens with one attached hydrogen (secondary N) is 1. The number of hydrogen-bond donors (Lipinski definition) is 1. The fraction of sp³-hybridized carbons (Fsp3) is 0.450. The van der Waals surface area contributed by atoms with E-state index in [-0.39, 0.29) is 5.91 Å². The van der Waals surface area contributed by atoms with Gasteiger partial charge in [-0.3, -0.25) is 4.79 Å². The third kappa shape index (κ3) is 4.45. The number of nitrogens with zero attached hydrogens (tertiary/aromatic N) is 2. The molecule has 2 aliphatic rings. The van der Waals surface area contributed by atoms with Crippen molar-refractivity contribution in [3.63, 3.8) is 0 Å². The number of benzene rings is 1. The number of carbonyl (C=O) groups is 1. The summed E-state index contributed by atoms with van der Waals surface area (Å²) in [5.41, 5.74) is 2.02. The van der Waals surface area contributed by atoms with Crippen molar-refractivity contribution in [1.82, 2.24) is 14.5 Å². The average Bonchev–Trinajstić information content (AvgIpc) is 2.68. The smallest absolute Gasteiger partial charge is 0.255 e. The number of aryl methyl sites for hydroxylation is 1. The lowest BCUT2D eigenvalue weighted by Gasteiger charge is -2.33. The van der Waals surface area contributed by atoms with E-state index in [9.17, 15) is 13.2 Å². The van der Waals surface area contributed by atoms with Gasteiger partial charge in [0.05, 0.1) is 12.4 Å². The summed E-state index contributed by atoms with van der Waals surface area (Å²) < 4.78 is 32.4. The molecule has 1 aromatic rings. The van der Waals surface area contributed by atoms with Crippen molar-refractivity contribution in [3.8, 4) is 5.75 Å². The zero-order valence-electron chi connectivity index (χ0n) is 16.5. The third-order valence-corrected chi connectivity index (χ3v) is 7.38. The molecule has 0 radical (unpaired) electrons. The Kier molecular flexibility index (Phi) is 6.22. The fourth-order valence-corrected chi connectivity index (χ4v) is 5.04. The molecule has 1 aromatic carbocycles. The maximum atomic E-state index is 12.8. The molecule has 1 saturated heterocycles. The highest BCUT2D eigenvalue weighted by Gasteiger charge is 2.32. The normalized spacial score (nSPS) is 21.2. The molecule has 0 spiro atoms. The number of hydrogen-bond acceptors (Lipinski definition) is 5. The highest BCUT2D eigenvalue weighted by atomic mass is 32.2. The van der Waals surface area contributed by atoms with Crippen LogP contribution in [0.4, 0.5) is 0 Å². The van der Waals surface area contributed by atoms with Gasteiger partial charge >= 0.3 is 0 Å². The predicted molar refractivity (Wildman–Crippen MR) is 109 cm³/mol. The SMILES string of the molecule is COc1ccc(C(=O)NC2=CCC(S(=O)(=O)N3CCN(C)CC3)C=C2)cc1C. The number of likely N-dealkylation sites (N-methyl/N-ethyl adjacent to an activating group) is 1. The highest BCUT2D eigenvalue weighted by Crippen LogP contribution is 2.22. The zero-order valence-corrected chi connectivity index (χ0v) is 17.3. The number of methoxy groups -OCH3 is 1. The van der Waals surface area contributed by atoms with Gasteiger partial charge in [-0.2, -0.15) is 4.31 Å². The molecule has 0 saturated carbocycles. The van der Waals surface area contributed by atoms with Crippen LogP contribution in [0.25, 0.3) is 0 Å². The number of rotatable bonds is 5. The molecule has 152 valence electrons. The molecule has 7 nitrogen and oxygen atoms in total. The van der Waals surface area contributed by atoms with Crippen LogP contribution in [0.2, 0.25) is 0 Å². The summed E-state index contributed by atoms with van der Waals surface area (Å²) >= 11 is 0. The van der Waals surface area contributed by atoms with Crippen molar-refractivity contribution in [1.29, 1.82) is 0 Å². The van der Waals surface area contributed by atoms with Crippen LogP contribution in [0.15, 0.2) is 42.1 Å². The van der Waals surface area contributed by atoms with Crippen LogP contribution in [0.5, 0.6) is 5.75 Å². The molecular formula is C20H27N3O4S. The number of allylic oxidation sites excluding steroid dienone is 2. The summed E-state index contributed by atoms with van der Waals surface area (Å²) in [5.74, 6) is 0.493. The monoisotopic (exact) mass is 405 g/mol. The second-order valence-electron chi connectivity index (χ2n) is 7.18. The highest BCUT2D eigenvalue weighted by molar-refractivity contribution is 7.89. The minimum Gasteiger partial charge on any atom is -0.496 e. The van der Waals surface area contributed by atoms with Crippen molar-refractivity contribution in [3.05, 3.63) is 53.3 Å². The Hall–Kier alpha value is -2.16. The van der Waals surface area contributed by atoms with Gasteiger partial charge in [0.2, 0.25) is 10.0 Å². The van der Waals surface area contributed by atoms with Gasteiger partial charge in [0.15, 0.2) is 0 Å². The van der Waals surface area contributed by atoms with E-state index in [0.29, 0.717) is 30.8 Å². The first-order chi connectivity index (χ1) is 13.3. The van der Waals surface area contributed by atoms with Gasteiger partial charge in [0.25, 0.3) is 5.91 Å². The first-order valence-corrected chi connectivity index (χ1v) is 10.8. The van der Waals surface area contributed by atoms with Gasteiger partial charge in [0.1, 0.15) is 5.75 Å². The lowest BCUT2D eigenvalue weighted by molar-refractivity contribution is 0.0967. The average molecular weight is 406 g/mol. The summed E-state index contributed by atoms with van der Waals surface area (Å²) in [6, 6.07) is 5.23. The van der Waals surface area contributed by atoms with Gasteiger partial charge in [0, 0.05) is 37.4 Å². The van der Waals surface area contributed by atoms with Gasteiger partial charge in [-0.15, -0.1) is 0 Å². The van der Waals surface area contributed by atoms with Crippen molar-refractivity contribution < 1.29 is 17.9 Å². The Bertz CT molecular complexity index is 900. The Morgan fingerprint density at radius 3 is 2.50 bits per heavy atom. The van der Waals surface area contributed by atoms with Crippen LogP contribution in [0, 0.1) is 6.92 Å². The van der Waals surface area contributed by atoms with Crippen LogP contribution in [-0.2, 0) is 10.0 Å². The van der Waals surface area contributed by atoms with Crippen LogP contribution in [0.1, 0.15) is 22.3 Å². The molecule has 1 aliphatic carbocycles. The second kappa shape index (κ2) is 8.46. The van der Waals surface area contributed by atoms with Crippen LogP contribution < -0.4 is 10.1 Å². The summed E-state index contributed by atoms with van der Waals surface area (Å²) in [5, 5.41) is 2.25. The van der Waals surface area contributed by atoms with Gasteiger partial charge in [-0.25, -0.2) is 8.42 Å². The Morgan fingerprint density at radius 1 is 1.21 bits per heavy atom. The minimum atomic E-state index is -3.38. The van der Waals surface area contributed by atoms with Crippen LogP contribution in [-0.4, -0.2) is 69.1 Å². The Labute approximate surface area is 166 Å². The van der Waals surface area contributed by atoms with E-state index in [1.54, 1.807) is 47.8 Å². The van der Waals surface area contributed by atoms with E-state index in [2.05, 4.69) is 10.2 Å². The molecule has 8 heteroatoms. The largest absolute Gasteiger partial charge is 0.496 e. The van der Waals surface area contributed by atoms with Crippen LogP contribution >= 0.6 is 0 Å². The molecule has 28 heavy (non-hydrogen) atoms. The van der Waals surface area contributed by atoms with E-state index in [0.717, 1.165) is 24.4 Å². The molecular weight excluding hydrogens is 378 g/mol. The molecule has 0 aromatic heterocycles. The quantitative estimate of drug-likeness (QED) is 0.804. The molecule has 1 N–H and O–H groups in total. The summed E-state index contributed by atoms with van der Waals surface area (Å²) in [6.07, 6.45) is 5.47. The number of carbonyl (C=O) groups excluding carboxylic acids is 1. The zero-order chi connectivity index (χ0) is 20.3. The second-order valence-corrected chi connectivity index (χ2v) is 9.33. The first kappa shape index (κ1) is 20.6. The number of sulfonamides is 1. The van der Waals surface area contributed by atoms with E-state index in [4.69, 9.17) is 4.74 Å². The van der Waals surface area contributed by atoms with Crippen molar-refractivity contribution in [2.45, 2.75) is 18.6 Å². The molecule has 1 unspecified atom stereocenters. The minimum absolute atomic E-state index is 0.234. The third-order valence-electron chi connectivity index (χ3n) is 5.18. The summed E-state index contributed by atoms with van der Waals surface area (Å²) in [4.78, 5) is 14.6. The van der Waals surface area contributed by atoms with Gasteiger partial charge in [-0.05, 0) is 50.2 Å². The predicted octanol–water partition coefficient (Wildman–Crippen LogP) is 1.52. The molecule has 0 bridgehead atoms. The van der Waals surface area contributed by atoms with Gasteiger partial charge in [-0.1, -0.05) is 12.2 Å². The number of ether oxygens (including phenoxy) is 1. The topological polar surface area (TPSA) is 78.9 Å². The fourth-order valence-electron chi connectivity index (χ4n) is 3.37. The van der Waals surface area contributed by atoms with E-state index >= 15 is 0 Å². The Balaban J connectivity index is 1.62. The van der Waals surface area contributed by atoms with E-state index in [1.807, 2.05) is 14.0 Å². The Morgan fingerprint density at radius 2 is 1.93 bits per heavy atom. The standard InChI is InChI=1S/C20H27N3O4S/c1-15-14-16(4-9-19(15)27-3)20(24)21-17-5-7-18(8-6-17)28(25,26)23-12-10-22(2)11-13-23/h4-7,9,14,18H,8,10-13H2,1-3H3,(H,21,24). The first-order valence-electron chi connectivity index (χ1n) is 9.33.